The summed E-state index contributed by atoms with van der Waals surface area (Å²) in [4.78, 5) is 46.2. The van der Waals surface area contributed by atoms with Crippen LogP contribution >= 0.6 is 11.6 Å². The molecule has 5 unspecified atom stereocenters. The van der Waals surface area contributed by atoms with Crippen LogP contribution in [0.4, 0.5) is 4.79 Å². The van der Waals surface area contributed by atoms with Crippen LogP contribution in [0.25, 0.3) is 10.9 Å². The predicted octanol–water partition coefficient (Wildman–Crippen LogP) is 5.12. The zero-order valence-corrected chi connectivity index (χ0v) is 28.5. The van der Waals surface area contributed by atoms with Gasteiger partial charge in [0.1, 0.15) is 23.0 Å². The van der Waals surface area contributed by atoms with Crippen molar-refractivity contribution in [2.75, 3.05) is 27.3 Å². The van der Waals surface area contributed by atoms with Gasteiger partial charge in [-0.3, -0.25) is 9.69 Å². The molecule has 2 fully saturated rings. The Balaban J connectivity index is 1.64. The maximum absolute atomic E-state index is 14.0. The van der Waals surface area contributed by atoms with Crippen molar-refractivity contribution in [3.63, 3.8) is 0 Å². The number of pyridine rings is 1. The van der Waals surface area contributed by atoms with E-state index in [4.69, 9.17) is 30.5 Å². The summed E-state index contributed by atoms with van der Waals surface area (Å²) in [6.07, 6.45) is 0.670. The molecule has 0 radical (unpaired) electrons. The van der Waals surface area contributed by atoms with Gasteiger partial charge in [0.2, 0.25) is 11.8 Å². The van der Waals surface area contributed by atoms with E-state index >= 15 is 0 Å². The van der Waals surface area contributed by atoms with Crippen molar-refractivity contribution in [3.8, 4) is 11.6 Å². The highest BCUT2D eigenvalue weighted by atomic mass is 35.5. The number of ether oxygens (including phenoxy) is 4. The fraction of sp³-hybridized carbons (Fsp3) is 0.636. The van der Waals surface area contributed by atoms with E-state index in [0.717, 1.165) is 11.8 Å². The highest BCUT2D eigenvalue weighted by molar-refractivity contribution is 6.35. The molecule has 1 saturated carbocycles. The summed E-state index contributed by atoms with van der Waals surface area (Å²) in [7, 11) is 2.86. The summed E-state index contributed by atoms with van der Waals surface area (Å²) >= 11 is 6.46. The molecule has 1 aromatic carbocycles. The number of aromatic nitrogens is 1. The van der Waals surface area contributed by atoms with Gasteiger partial charge in [0.05, 0.1) is 30.8 Å². The fourth-order valence-electron chi connectivity index (χ4n) is 5.95. The standard InChI is InChI=1S/C33H47ClN4O7/c1-10-19-16-33(19,29(40)43-9)37-28(39)23-14-20(44-24-15-26(42-8)36-27-21(24)12-11-13-22(27)34)17-38(23)18-25(31(2,3)4)35-30(41)45-32(5,6)7/h11-13,15,19-20,23,25H,10,14,16-18H2,1-9H3,(H,35,41)(H,37,39). The number of methoxy groups -OCH3 is 2. The van der Waals surface area contributed by atoms with Crippen molar-refractivity contribution in [1.82, 2.24) is 20.5 Å². The molecule has 4 rings (SSSR count). The van der Waals surface area contributed by atoms with E-state index < -0.39 is 35.3 Å². The van der Waals surface area contributed by atoms with Gasteiger partial charge in [0, 0.05) is 37.0 Å². The lowest BCUT2D eigenvalue weighted by Gasteiger charge is -2.36. The van der Waals surface area contributed by atoms with E-state index in [1.165, 1.54) is 14.2 Å². The van der Waals surface area contributed by atoms with Crippen LogP contribution < -0.4 is 20.1 Å². The summed E-state index contributed by atoms with van der Waals surface area (Å²) in [5.41, 5.74) is -1.53. The minimum atomic E-state index is -1.03. The molecule has 11 nitrogen and oxygen atoms in total. The number of likely N-dealkylation sites (tertiary alicyclic amines) is 1. The zero-order chi connectivity index (χ0) is 33.3. The molecule has 2 aromatic rings. The number of hydrogen-bond donors (Lipinski definition) is 2. The van der Waals surface area contributed by atoms with E-state index in [0.29, 0.717) is 48.1 Å². The molecule has 45 heavy (non-hydrogen) atoms. The van der Waals surface area contributed by atoms with Gasteiger partial charge in [-0.1, -0.05) is 51.8 Å². The summed E-state index contributed by atoms with van der Waals surface area (Å²) in [6.45, 7) is 14.2. The third-order valence-electron chi connectivity index (χ3n) is 8.55. The number of alkyl carbamates (subject to hydrolysis) is 1. The quantitative estimate of drug-likeness (QED) is 0.338. The first kappa shape index (κ1) is 34.6. The minimum absolute atomic E-state index is 0.00681. The molecule has 248 valence electrons. The van der Waals surface area contributed by atoms with Crippen LogP contribution in [-0.4, -0.2) is 84.5 Å². The smallest absolute Gasteiger partial charge is 0.407 e. The van der Waals surface area contributed by atoms with Crippen LogP contribution in [0.1, 0.15) is 67.7 Å². The number of esters is 1. The van der Waals surface area contributed by atoms with Crippen molar-refractivity contribution in [1.29, 1.82) is 0 Å². The van der Waals surface area contributed by atoms with Crippen molar-refractivity contribution in [2.24, 2.45) is 11.3 Å². The molecule has 2 N–H and O–H groups in total. The number of para-hydroxylation sites is 1. The minimum Gasteiger partial charge on any atom is -0.488 e. The number of fused-ring (bicyclic) bond motifs is 1. The number of halogens is 1. The molecule has 1 aliphatic carbocycles. The maximum atomic E-state index is 14.0. The van der Waals surface area contributed by atoms with E-state index in [9.17, 15) is 14.4 Å². The third kappa shape index (κ3) is 7.92. The Kier molecular flexibility index (Phi) is 10.1. The highest BCUT2D eigenvalue weighted by Gasteiger charge is 2.62. The normalized spacial score (nSPS) is 24.1. The Bertz CT molecular complexity index is 1420. The lowest BCUT2D eigenvalue weighted by Crippen LogP contribution is -2.56. The number of nitrogens with zero attached hydrogens (tertiary/aromatic N) is 2. The molecule has 2 heterocycles. The van der Waals surface area contributed by atoms with Crippen LogP contribution in [0.3, 0.4) is 0 Å². The first-order chi connectivity index (χ1) is 21.0. The SMILES string of the molecule is CCC1CC1(NC(=O)C1CC(Oc2cc(OC)nc3c(Cl)cccc23)CN1CC(NC(=O)OC(C)(C)C)C(C)(C)C)C(=O)OC. The molecule has 2 aliphatic rings. The van der Waals surface area contributed by atoms with E-state index in [-0.39, 0.29) is 23.3 Å². The van der Waals surface area contributed by atoms with Crippen LogP contribution in [0.2, 0.25) is 5.02 Å². The number of hydrogen-bond acceptors (Lipinski definition) is 9. The molecule has 1 saturated heterocycles. The average Bonchev–Trinajstić information content (AvgIpc) is 3.52. The Hall–Kier alpha value is -3.31. The number of amides is 2. The van der Waals surface area contributed by atoms with Gasteiger partial charge >= 0.3 is 12.1 Å². The summed E-state index contributed by atoms with van der Waals surface area (Å²) in [5.74, 6) is 0.165. The van der Waals surface area contributed by atoms with E-state index in [2.05, 4.69) is 15.6 Å². The predicted molar refractivity (Wildman–Crippen MR) is 172 cm³/mol. The van der Waals surface area contributed by atoms with Crippen LogP contribution in [0.15, 0.2) is 24.3 Å². The summed E-state index contributed by atoms with van der Waals surface area (Å²) in [6, 6.07) is 6.14. The van der Waals surface area contributed by atoms with Crippen molar-refractivity contribution in [3.05, 3.63) is 29.3 Å². The number of benzene rings is 1. The Morgan fingerprint density at radius 2 is 1.87 bits per heavy atom. The molecule has 2 amide bonds. The number of rotatable bonds is 10. The molecule has 5 atom stereocenters. The second kappa shape index (κ2) is 13.2. The maximum Gasteiger partial charge on any atom is 0.407 e. The molecule has 0 spiro atoms. The number of nitrogens with one attached hydrogen (secondary N) is 2. The first-order valence-corrected chi connectivity index (χ1v) is 15.8. The molecule has 1 aliphatic heterocycles. The van der Waals surface area contributed by atoms with Crippen molar-refractivity contribution < 1.29 is 33.3 Å². The van der Waals surface area contributed by atoms with Crippen LogP contribution in [0.5, 0.6) is 11.6 Å². The lowest BCUT2D eigenvalue weighted by atomic mass is 9.86. The van der Waals surface area contributed by atoms with Gasteiger partial charge < -0.3 is 29.6 Å². The van der Waals surface area contributed by atoms with Gasteiger partial charge in [0.25, 0.3) is 0 Å². The van der Waals surface area contributed by atoms with Crippen molar-refractivity contribution >= 4 is 40.5 Å². The zero-order valence-electron chi connectivity index (χ0n) is 27.8. The molecular weight excluding hydrogens is 600 g/mol. The fourth-order valence-corrected chi connectivity index (χ4v) is 6.16. The van der Waals surface area contributed by atoms with E-state index in [1.54, 1.807) is 12.1 Å². The Morgan fingerprint density at radius 3 is 2.44 bits per heavy atom. The number of carbonyl (C=O) groups excluding carboxylic acids is 3. The largest absolute Gasteiger partial charge is 0.488 e. The second-order valence-corrected chi connectivity index (χ2v) is 14.5. The molecule has 12 heteroatoms. The average molecular weight is 647 g/mol. The van der Waals surface area contributed by atoms with Gasteiger partial charge in [-0.05, 0) is 50.7 Å². The number of carbonyl (C=O) groups is 3. The van der Waals surface area contributed by atoms with Crippen LogP contribution in [0, 0.1) is 11.3 Å². The third-order valence-corrected chi connectivity index (χ3v) is 8.85. The van der Waals surface area contributed by atoms with Crippen LogP contribution in [-0.2, 0) is 19.1 Å². The topological polar surface area (TPSA) is 128 Å². The van der Waals surface area contributed by atoms with Gasteiger partial charge in [-0.25, -0.2) is 14.6 Å². The van der Waals surface area contributed by atoms with E-state index in [1.807, 2.05) is 65.5 Å². The second-order valence-electron chi connectivity index (χ2n) is 14.1. The molecule has 1 aromatic heterocycles. The van der Waals surface area contributed by atoms with Gasteiger partial charge in [-0.2, -0.15) is 0 Å². The van der Waals surface area contributed by atoms with Gasteiger partial charge in [-0.15, -0.1) is 0 Å². The highest BCUT2D eigenvalue weighted by Crippen LogP contribution is 2.47. The van der Waals surface area contributed by atoms with Crippen molar-refractivity contribution in [2.45, 2.75) is 97.1 Å². The Morgan fingerprint density at radius 1 is 1.16 bits per heavy atom. The molecule has 0 bridgehead atoms. The lowest BCUT2D eigenvalue weighted by molar-refractivity contribution is -0.147. The Labute approximate surface area is 270 Å². The molecular formula is C33H47ClN4O7. The first-order valence-electron chi connectivity index (χ1n) is 15.4. The van der Waals surface area contributed by atoms with Gasteiger partial charge in [0.15, 0.2) is 0 Å². The summed E-state index contributed by atoms with van der Waals surface area (Å²) in [5, 5.41) is 7.25. The summed E-state index contributed by atoms with van der Waals surface area (Å²) < 4.78 is 22.6. The monoisotopic (exact) mass is 646 g/mol.